The van der Waals surface area contributed by atoms with E-state index in [0.29, 0.717) is 29.2 Å². The number of aromatic nitrogens is 1. The monoisotopic (exact) mass is 379 g/mol. The van der Waals surface area contributed by atoms with Gasteiger partial charge in [-0.15, -0.1) is 10.2 Å². The summed E-state index contributed by atoms with van der Waals surface area (Å²) in [5, 5.41) is 19.4. The number of hydrogen-bond acceptors (Lipinski definition) is 4. The van der Waals surface area contributed by atoms with Crippen LogP contribution in [0, 0.1) is 12.8 Å². The standard InChI is InChI=1S/C22H25N3O3/c1-14(2)11-12-25-19-10-9-17(28-4)13-18(19)20(22(25)27)23-24-21(26)16-7-5-15(3)6-8-16/h5-10,13-14,27H,11-12H2,1-4H3. The maximum Gasteiger partial charge on any atom is 0.295 e. The summed E-state index contributed by atoms with van der Waals surface area (Å²) in [5.41, 5.74) is 2.62. The van der Waals surface area contributed by atoms with E-state index in [1.807, 2.05) is 31.2 Å². The van der Waals surface area contributed by atoms with Crippen LogP contribution in [0.3, 0.4) is 0 Å². The quantitative estimate of drug-likeness (QED) is 0.564. The molecule has 3 aromatic rings. The van der Waals surface area contributed by atoms with Crippen LogP contribution in [-0.4, -0.2) is 22.7 Å². The van der Waals surface area contributed by atoms with Gasteiger partial charge in [-0.3, -0.25) is 4.79 Å². The van der Waals surface area contributed by atoms with E-state index in [2.05, 4.69) is 24.1 Å². The number of amides is 1. The van der Waals surface area contributed by atoms with Gasteiger partial charge < -0.3 is 14.4 Å². The zero-order chi connectivity index (χ0) is 20.3. The lowest BCUT2D eigenvalue weighted by Gasteiger charge is -2.09. The van der Waals surface area contributed by atoms with Crippen molar-refractivity contribution in [2.45, 2.75) is 33.7 Å². The van der Waals surface area contributed by atoms with Gasteiger partial charge in [0.15, 0.2) is 5.69 Å². The Bertz CT molecular complexity index is 1020. The van der Waals surface area contributed by atoms with Crippen LogP contribution in [0.1, 0.15) is 36.2 Å². The molecule has 0 unspecified atom stereocenters. The minimum Gasteiger partial charge on any atom is -0.497 e. The largest absolute Gasteiger partial charge is 0.497 e. The molecule has 0 saturated heterocycles. The number of fused-ring (bicyclic) bond motifs is 1. The summed E-state index contributed by atoms with van der Waals surface area (Å²) >= 11 is 0. The molecule has 1 amide bonds. The Kier molecular flexibility index (Phi) is 5.78. The summed E-state index contributed by atoms with van der Waals surface area (Å²) in [7, 11) is 1.58. The predicted molar refractivity (Wildman–Crippen MR) is 110 cm³/mol. The average molecular weight is 379 g/mol. The van der Waals surface area contributed by atoms with Crippen molar-refractivity contribution in [3.63, 3.8) is 0 Å². The van der Waals surface area contributed by atoms with Gasteiger partial charge in [-0.25, -0.2) is 0 Å². The lowest BCUT2D eigenvalue weighted by atomic mass is 10.1. The van der Waals surface area contributed by atoms with Crippen molar-refractivity contribution in [3.8, 4) is 11.6 Å². The molecule has 0 radical (unpaired) electrons. The highest BCUT2D eigenvalue weighted by Crippen LogP contribution is 2.40. The van der Waals surface area contributed by atoms with E-state index in [-0.39, 0.29) is 11.6 Å². The van der Waals surface area contributed by atoms with Crippen molar-refractivity contribution in [2.24, 2.45) is 16.1 Å². The van der Waals surface area contributed by atoms with Gasteiger partial charge in [-0.1, -0.05) is 31.5 Å². The van der Waals surface area contributed by atoms with Gasteiger partial charge in [0.25, 0.3) is 5.91 Å². The fourth-order valence-corrected chi connectivity index (χ4v) is 2.99. The van der Waals surface area contributed by atoms with Crippen LogP contribution in [-0.2, 0) is 6.54 Å². The third kappa shape index (κ3) is 4.06. The summed E-state index contributed by atoms with van der Waals surface area (Å²) in [6.07, 6.45) is 0.905. The Labute approximate surface area is 164 Å². The summed E-state index contributed by atoms with van der Waals surface area (Å²) in [4.78, 5) is 12.3. The smallest absolute Gasteiger partial charge is 0.295 e. The first-order valence-corrected chi connectivity index (χ1v) is 9.32. The van der Waals surface area contributed by atoms with Crippen molar-refractivity contribution < 1.29 is 14.6 Å². The second kappa shape index (κ2) is 8.25. The van der Waals surface area contributed by atoms with Crippen molar-refractivity contribution in [1.82, 2.24) is 4.57 Å². The molecule has 0 aliphatic heterocycles. The lowest BCUT2D eigenvalue weighted by molar-refractivity contribution is 0.0995. The van der Waals surface area contributed by atoms with E-state index in [9.17, 15) is 9.90 Å². The number of benzene rings is 2. The maximum atomic E-state index is 12.3. The second-order valence-electron chi connectivity index (χ2n) is 7.26. The molecule has 0 saturated carbocycles. The van der Waals surface area contributed by atoms with Crippen LogP contribution in [0.4, 0.5) is 5.69 Å². The number of azo groups is 1. The average Bonchev–Trinajstić information content (AvgIpc) is 2.95. The normalized spacial score (nSPS) is 11.6. The third-order valence-electron chi connectivity index (χ3n) is 4.69. The van der Waals surface area contributed by atoms with E-state index in [4.69, 9.17) is 4.74 Å². The van der Waals surface area contributed by atoms with Crippen LogP contribution >= 0.6 is 0 Å². The molecule has 2 aromatic carbocycles. The number of ether oxygens (including phenoxy) is 1. The second-order valence-corrected chi connectivity index (χ2v) is 7.26. The van der Waals surface area contributed by atoms with Crippen LogP contribution in [0.5, 0.6) is 11.6 Å². The molecular weight excluding hydrogens is 354 g/mol. The van der Waals surface area contributed by atoms with Crippen LogP contribution in [0.25, 0.3) is 10.9 Å². The van der Waals surface area contributed by atoms with Crippen LogP contribution in [0.15, 0.2) is 52.7 Å². The minimum absolute atomic E-state index is 0.00404. The summed E-state index contributed by atoms with van der Waals surface area (Å²) in [6.45, 7) is 6.86. The number of nitrogens with zero attached hydrogens (tertiary/aromatic N) is 3. The molecule has 28 heavy (non-hydrogen) atoms. The Hall–Kier alpha value is -3.15. The molecule has 1 N–H and O–H groups in total. The number of carbonyl (C=O) groups is 1. The molecule has 3 rings (SSSR count). The summed E-state index contributed by atoms with van der Waals surface area (Å²) < 4.78 is 7.11. The van der Waals surface area contributed by atoms with E-state index in [1.54, 1.807) is 29.9 Å². The molecule has 0 bridgehead atoms. The van der Waals surface area contributed by atoms with Crippen molar-refractivity contribution in [1.29, 1.82) is 0 Å². The van der Waals surface area contributed by atoms with E-state index >= 15 is 0 Å². The Morgan fingerprint density at radius 3 is 2.54 bits per heavy atom. The van der Waals surface area contributed by atoms with Gasteiger partial charge in [0.1, 0.15) is 5.75 Å². The minimum atomic E-state index is -0.453. The Morgan fingerprint density at radius 2 is 1.89 bits per heavy atom. The fraction of sp³-hybridized carbons (Fsp3) is 0.318. The molecule has 0 atom stereocenters. The molecular formula is C22H25N3O3. The van der Waals surface area contributed by atoms with Gasteiger partial charge in [0, 0.05) is 17.5 Å². The maximum absolute atomic E-state index is 12.3. The number of aryl methyl sites for hydroxylation is 2. The molecule has 1 heterocycles. The highest BCUT2D eigenvalue weighted by molar-refractivity contribution is 5.98. The Morgan fingerprint density at radius 1 is 1.18 bits per heavy atom. The molecule has 0 aliphatic carbocycles. The number of hydrogen-bond donors (Lipinski definition) is 1. The molecule has 146 valence electrons. The third-order valence-corrected chi connectivity index (χ3v) is 4.69. The molecule has 0 spiro atoms. The van der Waals surface area contributed by atoms with E-state index in [1.165, 1.54) is 0 Å². The van der Waals surface area contributed by atoms with Gasteiger partial charge >= 0.3 is 0 Å². The number of aromatic hydroxyl groups is 1. The molecule has 0 aliphatic rings. The highest BCUT2D eigenvalue weighted by Gasteiger charge is 2.18. The van der Waals surface area contributed by atoms with Crippen molar-refractivity contribution in [3.05, 3.63) is 53.6 Å². The number of methoxy groups -OCH3 is 1. The zero-order valence-electron chi connectivity index (χ0n) is 16.6. The van der Waals surface area contributed by atoms with Crippen molar-refractivity contribution in [2.75, 3.05) is 7.11 Å². The molecule has 6 heteroatoms. The SMILES string of the molecule is COc1ccc2c(c1)c(N=NC(=O)c1ccc(C)cc1)c(O)n2CCC(C)C. The zero-order valence-corrected chi connectivity index (χ0v) is 16.6. The fourth-order valence-electron chi connectivity index (χ4n) is 2.99. The summed E-state index contributed by atoms with van der Waals surface area (Å²) in [5.74, 6) is 0.688. The van der Waals surface area contributed by atoms with Crippen LogP contribution in [0.2, 0.25) is 0 Å². The first-order valence-electron chi connectivity index (χ1n) is 9.32. The molecule has 0 fully saturated rings. The van der Waals surface area contributed by atoms with Gasteiger partial charge in [0.2, 0.25) is 5.88 Å². The molecule has 6 nitrogen and oxygen atoms in total. The first kappa shape index (κ1) is 19.6. The predicted octanol–water partition coefficient (Wildman–Crippen LogP) is 5.63. The van der Waals surface area contributed by atoms with E-state index in [0.717, 1.165) is 17.5 Å². The van der Waals surface area contributed by atoms with Gasteiger partial charge in [-0.2, -0.15) is 0 Å². The lowest BCUT2D eigenvalue weighted by Crippen LogP contribution is -2.00. The molecule has 1 aromatic heterocycles. The Balaban J connectivity index is 2.01. The van der Waals surface area contributed by atoms with Crippen LogP contribution < -0.4 is 4.74 Å². The first-order chi connectivity index (χ1) is 13.4. The highest BCUT2D eigenvalue weighted by atomic mass is 16.5. The summed E-state index contributed by atoms with van der Waals surface area (Å²) in [6, 6.07) is 12.6. The van der Waals surface area contributed by atoms with Gasteiger partial charge in [0.05, 0.1) is 12.6 Å². The van der Waals surface area contributed by atoms with Crippen molar-refractivity contribution >= 4 is 22.5 Å². The number of carbonyl (C=O) groups excluding carboxylic acids is 1. The topological polar surface area (TPSA) is 76.2 Å². The van der Waals surface area contributed by atoms with E-state index < -0.39 is 5.91 Å². The van der Waals surface area contributed by atoms with Gasteiger partial charge in [-0.05, 0) is 49.6 Å². The number of rotatable bonds is 6.